The molecule has 0 atom stereocenters. The van der Waals surface area contributed by atoms with Gasteiger partial charge in [-0.3, -0.25) is 0 Å². The third kappa shape index (κ3) is 4.30. The van der Waals surface area contributed by atoms with E-state index in [9.17, 15) is 0 Å². The Bertz CT molecular complexity index is 628. The minimum absolute atomic E-state index is 0.459. The van der Waals surface area contributed by atoms with E-state index in [0.717, 1.165) is 40.6 Å². The highest BCUT2D eigenvalue weighted by atomic mass is 32.1. The van der Waals surface area contributed by atoms with Crippen molar-refractivity contribution in [1.82, 2.24) is 4.98 Å². The Kier molecular flexibility index (Phi) is 5.77. The molecule has 0 radical (unpaired) electrons. The normalized spacial score (nSPS) is 10.3. The predicted octanol–water partition coefficient (Wildman–Crippen LogP) is 3.96. The molecule has 3 nitrogen and oxygen atoms in total. The van der Waals surface area contributed by atoms with Crippen LogP contribution in [0.1, 0.15) is 35.0 Å². The van der Waals surface area contributed by atoms with Crippen LogP contribution >= 0.6 is 11.3 Å². The van der Waals surface area contributed by atoms with Crippen LogP contribution in [0.2, 0.25) is 0 Å². The number of nitriles is 1. The van der Waals surface area contributed by atoms with Crippen LogP contribution in [0.15, 0.2) is 24.3 Å². The number of benzene rings is 1. The summed E-state index contributed by atoms with van der Waals surface area (Å²) in [6.07, 6.45) is 3.15. The number of nitrogens with zero attached hydrogens (tertiary/aromatic N) is 2. The van der Waals surface area contributed by atoms with Crippen LogP contribution in [0.3, 0.4) is 0 Å². The van der Waals surface area contributed by atoms with E-state index in [1.807, 2.05) is 12.1 Å². The van der Waals surface area contributed by atoms with Crippen molar-refractivity contribution >= 4 is 11.3 Å². The van der Waals surface area contributed by atoms with E-state index in [2.05, 4.69) is 37.0 Å². The average molecular weight is 300 g/mol. The quantitative estimate of drug-likeness (QED) is 0.777. The van der Waals surface area contributed by atoms with Crippen LogP contribution in [0.25, 0.3) is 0 Å². The Balaban J connectivity index is 1.92. The molecule has 1 heterocycles. The summed E-state index contributed by atoms with van der Waals surface area (Å²) in [5.74, 6) is 0.916. The Morgan fingerprint density at radius 3 is 2.86 bits per heavy atom. The highest BCUT2D eigenvalue weighted by molar-refractivity contribution is 7.11. The van der Waals surface area contributed by atoms with Gasteiger partial charge in [-0.2, -0.15) is 5.26 Å². The molecular weight excluding hydrogens is 280 g/mol. The summed E-state index contributed by atoms with van der Waals surface area (Å²) < 4.78 is 5.80. The zero-order valence-electron chi connectivity index (χ0n) is 12.6. The monoisotopic (exact) mass is 300 g/mol. The third-order valence-electron chi connectivity index (χ3n) is 3.29. The van der Waals surface area contributed by atoms with Crippen LogP contribution in [0, 0.1) is 11.3 Å². The van der Waals surface area contributed by atoms with Gasteiger partial charge in [0.05, 0.1) is 29.8 Å². The van der Waals surface area contributed by atoms with Crippen LogP contribution in [0.5, 0.6) is 5.75 Å². The topological polar surface area (TPSA) is 45.9 Å². The SMILES string of the molecule is CCc1cccc(OCCc2nc(CC)c(CC#N)s2)c1. The smallest absolute Gasteiger partial charge is 0.119 e. The van der Waals surface area contributed by atoms with Gasteiger partial charge in [0.2, 0.25) is 0 Å². The summed E-state index contributed by atoms with van der Waals surface area (Å²) in [7, 11) is 0. The second kappa shape index (κ2) is 7.80. The molecule has 0 amide bonds. The van der Waals surface area contributed by atoms with Gasteiger partial charge in [0.1, 0.15) is 5.75 Å². The second-order valence-corrected chi connectivity index (χ2v) is 5.93. The molecule has 2 aromatic rings. The van der Waals surface area contributed by atoms with E-state index in [1.54, 1.807) is 11.3 Å². The van der Waals surface area contributed by atoms with Gasteiger partial charge >= 0.3 is 0 Å². The van der Waals surface area contributed by atoms with E-state index < -0.39 is 0 Å². The molecule has 0 spiro atoms. The first kappa shape index (κ1) is 15.5. The third-order valence-corrected chi connectivity index (χ3v) is 4.45. The molecule has 21 heavy (non-hydrogen) atoms. The van der Waals surface area contributed by atoms with Crippen molar-refractivity contribution in [1.29, 1.82) is 5.26 Å². The summed E-state index contributed by atoms with van der Waals surface area (Å²) >= 11 is 1.64. The number of hydrogen-bond donors (Lipinski definition) is 0. The van der Waals surface area contributed by atoms with Crippen molar-refractivity contribution in [3.8, 4) is 11.8 Å². The minimum atomic E-state index is 0.459. The minimum Gasteiger partial charge on any atom is -0.493 e. The standard InChI is InChI=1S/C17H20N2OS/c1-3-13-6-5-7-14(12-13)20-11-9-17-19-15(4-2)16(21-17)8-10-18/h5-7,12H,3-4,8-9,11H2,1-2H3. The van der Waals surface area contributed by atoms with Crippen molar-refractivity contribution in [2.45, 2.75) is 39.5 Å². The van der Waals surface area contributed by atoms with E-state index in [-0.39, 0.29) is 0 Å². The van der Waals surface area contributed by atoms with E-state index >= 15 is 0 Å². The van der Waals surface area contributed by atoms with Gasteiger partial charge in [0.25, 0.3) is 0 Å². The summed E-state index contributed by atoms with van der Waals surface area (Å²) in [5, 5.41) is 9.89. The molecular formula is C17H20N2OS. The van der Waals surface area contributed by atoms with Crippen LogP contribution in [-0.2, 0) is 25.7 Å². The molecule has 1 aromatic heterocycles. The summed E-state index contributed by atoms with van der Waals surface area (Å²) in [5.41, 5.74) is 2.34. The lowest BCUT2D eigenvalue weighted by atomic mass is 10.2. The van der Waals surface area contributed by atoms with E-state index in [0.29, 0.717) is 13.0 Å². The molecule has 1 aromatic carbocycles. The number of thiazole rings is 1. The lowest BCUT2D eigenvalue weighted by Crippen LogP contribution is -2.01. The Morgan fingerprint density at radius 2 is 2.14 bits per heavy atom. The highest BCUT2D eigenvalue weighted by Gasteiger charge is 2.09. The van der Waals surface area contributed by atoms with Crippen LogP contribution in [0.4, 0.5) is 0 Å². The van der Waals surface area contributed by atoms with Gasteiger partial charge in [0.15, 0.2) is 0 Å². The van der Waals surface area contributed by atoms with Crippen molar-refractivity contribution in [2.75, 3.05) is 6.61 Å². The molecule has 2 rings (SSSR count). The van der Waals surface area contributed by atoms with Crippen LogP contribution in [-0.4, -0.2) is 11.6 Å². The van der Waals surface area contributed by atoms with Gasteiger partial charge in [-0.05, 0) is 30.5 Å². The first-order chi connectivity index (χ1) is 10.3. The summed E-state index contributed by atoms with van der Waals surface area (Å²) in [6.45, 7) is 4.83. The maximum absolute atomic E-state index is 8.83. The molecule has 0 unspecified atom stereocenters. The molecule has 0 aliphatic carbocycles. The second-order valence-electron chi connectivity index (χ2n) is 4.77. The lowest BCUT2D eigenvalue weighted by molar-refractivity contribution is 0.321. The van der Waals surface area contributed by atoms with Gasteiger partial charge in [0, 0.05) is 11.3 Å². The van der Waals surface area contributed by atoms with Crippen LogP contribution < -0.4 is 4.74 Å². The van der Waals surface area contributed by atoms with Gasteiger partial charge < -0.3 is 4.74 Å². The number of aromatic nitrogens is 1. The fraction of sp³-hybridized carbons (Fsp3) is 0.412. The first-order valence-electron chi connectivity index (χ1n) is 7.33. The molecule has 4 heteroatoms. The number of ether oxygens (including phenoxy) is 1. The van der Waals surface area contributed by atoms with Crippen molar-refractivity contribution < 1.29 is 4.74 Å². The molecule has 0 fully saturated rings. The Morgan fingerprint density at radius 1 is 1.29 bits per heavy atom. The predicted molar refractivity (Wildman–Crippen MR) is 85.8 cm³/mol. The zero-order chi connectivity index (χ0) is 15.1. The average Bonchev–Trinajstić information content (AvgIpc) is 2.90. The van der Waals surface area contributed by atoms with Gasteiger partial charge in [-0.15, -0.1) is 11.3 Å². The molecule has 0 aliphatic heterocycles. The maximum Gasteiger partial charge on any atom is 0.119 e. The molecule has 0 saturated carbocycles. The molecule has 0 N–H and O–H groups in total. The largest absolute Gasteiger partial charge is 0.493 e. The first-order valence-corrected chi connectivity index (χ1v) is 8.14. The van der Waals surface area contributed by atoms with Crippen molar-refractivity contribution in [2.24, 2.45) is 0 Å². The highest BCUT2D eigenvalue weighted by Crippen LogP contribution is 2.21. The molecule has 0 saturated heterocycles. The maximum atomic E-state index is 8.83. The zero-order valence-corrected chi connectivity index (χ0v) is 13.4. The molecule has 110 valence electrons. The lowest BCUT2D eigenvalue weighted by Gasteiger charge is -2.06. The number of aryl methyl sites for hydroxylation is 2. The molecule has 0 aliphatic rings. The van der Waals surface area contributed by atoms with Gasteiger partial charge in [-0.25, -0.2) is 4.98 Å². The number of hydrogen-bond acceptors (Lipinski definition) is 4. The summed E-state index contributed by atoms with van der Waals surface area (Å²) in [4.78, 5) is 5.70. The van der Waals surface area contributed by atoms with Gasteiger partial charge in [-0.1, -0.05) is 26.0 Å². The Hall–Kier alpha value is -1.86. The fourth-order valence-electron chi connectivity index (χ4n) is 2.14. The Labute approximate surface area is 130 Å². The molecule has 0 bridgehead atoms. The van der Waals surface area contributed by atoms with E-state index in [4.69, 9.17) is 10.00 Å². The van der Waals surface area contributed by atoms with Crippen molar-refractivity contribution in [3.05, 3.63) is 45.4 Å². The fourth-order valence-corrected chi connectivity index (χ4v) is 3.21. The van der Waals surface area contributed by atoms with Crippen molar-refractivity contribution in [3.63, 3.8) is 0 Å². The van der Waals surface area contributed by atoms with E-state index in [1.165, 1.54) is 5.56 Å². The summed E-state index contributed by atoms with van der Waals surface area (Å²) in [6, 6.07) is 10.4. The number of rotatable bonds is 7.